The summed E-state index contributed by atoms with van der Waals surface area (Å²) in [5, 5.41) is 5.47. The van der Waals surface area contributed by atoms with Crippen LogP contribution in [0.4, 0.5) is 0 Å². The molecule has 0 bridgehead atoms. The lowest BCUT2D eigenvalue weighted by molar-refractivity contribution is 0.166. The van der Waals surface area contributed by atoms with Crippen molar-refractivity contribution in [3.63, 3.8) is 0 Å². The molecule has 0 fully saturated rings. The topological polar surface area (TPSA) is 77.3 Å². The molecule has 168 valence electrons. The third-order valence-corrected chi connectivity index (χ3v) is 6.42. The van der Waals surface area contributed by atoms with Crippen molar-refractivity contribution < 1.29 is 8.94 Å². The van der Waals surface area contributed by atoms with E-state index in [0.717, 1.165) is 12.2 Å². The van der Waals surface area contributed by atoms with Gasteiger partial charge in [-0.3, -0.25) is 14.3 Å². The van der Waals surface area contributed by atoms with Crippen molar-refractivity contribution in [2.45, 2.75) is 57.2 Å². The summed E-state index contributed by atoms with van der Waals surface area (Å²) in [7, 11) is 0. The molecule has 1 aromatic carbocycles. The molecule has 4 aromatic rings. The molecule has 0 aliphatic rings. The molecule has 4 rings (SSSR count). The van der Waals surface area contributed by atoms with Crippen LogP contribution in [0.5, 0.6) is 0 Å². The van der Waals surface area contributed by atoms with Gasteiger partial charge in [-0.2, -0.15) is 0 Å². The number of thioether (sulfide) groups is 1. The van der Waals surface area contributed by atoms with Gasteiger partial charge in [-0.1, -0.05) is 29.1 Å². The number of aromatic nitrogens is 3. The average molecular weight is 453 g/mol. The third-order valence-electron chi connectivity index (χ3n) is 5.41. The standard InChI is InChI=1S/C24H28N4O3S/c1-16(2)27(17(3)4)11-12-28-23(29)19-8-5-6-9-20(19)25-24(28)32-15-18-14-22(31-26-18)21-10-7-13-30-21/h5-10,13-14,16-17H,11-12,15H2,1-4H3. The van der Waals surface area contributed by atoms with E-state index in [1.807, 2.05) is 42.5 Å². The lowest BCUT2D eigenvalue weighted by Crippen LogP contribution is -2.40. The first kappa shape index (κ1) is 22.4. The number of para-hydroxylation sites is 1. The van der Waals surface area contributed by atoms with E-state index in [-0.39, 0.29) is 5.56 Å². The van der Waals surface area contributed by atoms with Crippen LogP contribution in [0.2, 0.25) is 0 Å². The second-order valence-corrected chi connectivity index (χ2v) is 9.18. The van der Waals surface area contributed by atoms with Crippen LogP contribution in [0, 0.1) is 0 Å². The molecule has 3 aromatic heterocycles. The van der Waals surface area contributed by atoms with E-state index in [9.17, 15) is 4.79 Å². The van der Waals surface area contributed by atoms with Gasteiger partial charge in [0.2, 0.25) is 5.76 Å². The zero-order valence-corrected chi connectivity index (χ0v) is 19.6. The Morgan fingerprint density at radius 1 is 1.06 bits per heavy atom. The Labute approximate surface area is 191 Å². The molecule has 8 heteroatoms. The third kappa shape index (κ3) is 4.81. The van der Waals surface area contributed by atoms with E-state index in [1.165, 1.54) is 11.8 Å². The van der Waals surface area contributed by atoms with E-state index in [2.05, 4.69) is 37.8 Å². The normalized spacial score (nSPS) is 12.0. The van der Waals surface area contributed by atoms with Crippen molar-refractivity contribution in [1.82, 2.24) is 19.6 Å². The maximum atomic E-state index is 13.3. The minimum atomic E-state index is -0.0120. The number of hydrogen-bond donors (Lipinski definition) is 0. The highest BCUT2D eigenvalue weighted by Gasteiger charge is 2.17. The number of benzene rings is 1. The molecule has 0 radical (unpaired) electrons. The molecule has 0 aliphatic carbocycles. The molecule has 7 nitrogen and oxygen atoms in total. The monoisotopic (exact) mass is 452 g/mol. The molecule has 0 saturated carbocycles. The van der Waals surface area contributed by atoms with Gasteiger partial charge in [-0.05, 0) is 52.0 Å². The minimum Gasteiger partial charge on any atom is -0.461 e. The number of rotatable bonds is 9. The van der Waals surface area contributed by atoms with Gasteiger partial charge in [0.05, 0.1) is 22.9 Å². The van der Waals surface area contributed by atoms with Crippen molar-refractivity contribution in [3.05, 3.63) is 64.8 Å². The Kier molecular flexibility index (Phi) is 6.81. The predicted molar refractivity (Wildman–Crippen MR) is 127 cm³/mol. The highest BCUT2D eigenvalue weighted by atomic mass is 32.2. The first-order valence-corrected chi connectivity index (χ1v) is 11.8. The summed E-state index contributed by atoms with van der Waals surface area (Å²) in [6.45, 7) is 10.1. The minimum absolute atomic E-state index is 0.0120. The van der Waals surface area contributed by atoms with Gasteiger partial charge < -0.3 is 8.94 Å². The first-order valence-electron chi connectivity index (χ1n) is 10.8. The number of furan rings is 1. The van der Waals surface area contributed by atoms with Crippen LogP contribution in [0.1, 0.15) is 33.4 Å². The summed E-state index contributed by atoms with van der Waals surface area (Å²) in [4.78, 5) is 20.5. The molecule has 0 amide bonds. The highest BCUT2D eigenvalue weighted by molar-refractivity contribution is 7.98. The second-order valence-electron chi connectivity index (χ2n) is 8.24. The zero-order chi connectivity index (χ0) is 22.7. The fourth-order valence-electron chi connectivity index (χ4n) is 3.84. The Hall–Kier alpha value is -2.84. The molecule has 3 heterocycles. The van der Waals surface area contributed by atoms with Gasteiger partial charge in [0.15, 0.2) is 10.9 Å². The van der Waals surface area contributed by atoms with E-state index < -0.39 is 0 Å². The first-order chi connectivity index (χ1) is 15.4. The zero-order valence-electron chi connectivity index (χ0n) is 18.8. The Bertz CT molecular complexity index is 1220. The lowest BCUT2D eigenvalue weighted by Gasteiger charge is -2.30. The summed E-state index contributed by atoms with van der Waals surface area (Å²) in [6, 6.07) is 13.8. The van der Waals surface area contributed by atoms with Crippen LogP contribution in [-0.2, 0) is 12.3 Å². The molecule has 0 aliphatic heterocycles. The smallest absolute Gasteiger partial charge is 0.262 e. The van der Waals surface area contributed by atoms with Gasteiger partial charge in [-0.15, -0.1) is 0 Å². The van der Waals surface area contributed by atoms with E-state index in [4.69, 9.17) is 13.9 Å². The van der Waals surface area contributed by atoms with Crippen molar-refractivity contribution in [2.75, 3.05) is 6.54 Å². The van der Waals surface area contributed by atoms with Crippen molar-refractivity contribution in [1.29, 1.82) is 0 Å². The Morgan fingerprint density at radius 2 is 1.84 bits per heavy atom. The van der Waals surface area contributed by atoms with Crippen LogP contribution in [0.25, 0.3) is 22.4 Å². The van der Waals surface area contributed by atoms with Crippen molar-refractivity contribution in [3.8, 4) is 11.5 Å². The molecule has 0 N–H and O–H groups in total. The summed E-state index contributed by atoms with van der Waals surface area (Å²) in [5.41, 5.74) is 1.46. The van der Waals surface area contributed by atoms with Crippen LogP contribution < -0.4 is 5.56 Å². The SMILES string of the molecule is CC(C)N(CCn1c(SCc2cc(-c3ccco3)on2)nc2ccccc2c1=O)C(C)C. The summed E-state index contributed by atoms with van der Waals surface area (Å²) in [5.74, 6) is 1.75. The fraction of sp³-hybridized carbons (Fsp3) is 0.375. The largest absolute Gasteiger partial charge is 0.461 e. The summed E-state index contributed by atoms with van der Waals surface area (Å²) < 4.78 is 12.6. The van der Waals surface area contributed by atoms with E-state index >= 15 is 0 Å². The van der Waals surface area contributed by atoms with Gasteiger partial charge in [0.25, 0.3) is 5.56 Å². The van der Waals surface area contributed by atoms with Gasteiger partial charge >= 0.3 is 0 Å². The van der Waals surface area contributed by atoms with E-state index in [0.29, 0.717) is 52.0 Å². The van der Waals surface area contributed by atoms with Crippen molar-refractivity contribution >= 4 is 22.7 Å². The quantitative estimate of drug-likeness (QED) is 0.260. The van der Waals surface area contributed by atoms with Crippen LogP contribution in [0.15, 0.2) is 67.6 Å². The van der Waals surface area contributed by atoms with Crippen LogP contribution in [0.3, 0.4) is 0 Å². The van der Waals surface area contributed by atoms with Crippen molar-refractivity contribution in [2.24, 2.45) is 0 Å². The maximum absolute atomic E-state index is 13.3. The molecule has 0 unspecified atom stereocenters. The van der Waals surface area contributed by atoms with Gasteiger partial charge in [-0.25, -0.2) is 4.98 Å². The van der Waals surface area contributed by atoms with E-state index in [1.54, 1.807) is 10.8 Å². The average Bonchev–Trinajstić information content (AvgIpc) is 3.45. The molecule has 32 heavy (non-hydrogen) atoms. The fourth-order valence-corrected chi connectivity index (χ4v) is 4.74. The molecule has 0 atom stereocenters. The lowest BCUT2D eigenvalue weighted by atomic mass is 10.2. The Morgan fingerprint density at radius 3 is 2.56 bits per heavy atom. The number of nitrogens with zero attached hydrogens (tertiary/aromatic N) is 4. The number of hydrogen-bond acceptors (Lipinski definition) is 7. The highest BCUT2D eigenvalue weighted by Crippen LogP contribution is 2.26. The van der Waals surface area contributed by atoms with Crippen LogP contribution in [-0.4, -0.2) is 38.2 Å². The second kappa shape index (κ2) is 9.75. The predicted octanol–water partition coefficient (Wildman–Crippen LogP) is 5.06. The molecule has 0 saturated heterocycles. The molecular formula is C24H28N4O3S. The summed E-state index contributed by atoms with van der Waals surface area (Å²) in [6.07, 6.45) is 1.60. The van der Waals surface area contributed by atoms with Crippen LogP contribution >= 0.6 is 11.8 Å². The van der Waals surface area contributed by atoms with Gasteiger partial charge in [0, 0.05) is 37.0 Å². The number of fused-ring (bicyclic) bond motifs is 1. The maximum Gasteiger partial charge on any atom is 0.262 e. The molecule has 0 spiro atoms. The summed E-state index contributed by atoms with van der Waals surface area (Å²) >= 11 is 1.49. The van der Waals surface area contributed by atoms with Gasteiger partial charge in [0.1, 0.15) is 0 Å². The Balaban J connectivity index is 1.60. The molecular weight excluding hydrogens is 424 g/mol.